The summed E-state index contributed by atoms with van der Waals surface area (Å²) in [6.07, 6.45) is 0. The van der Waals surface area contributed by atoms with Crippen molar-refractivity contribution in [1.29, 1.82) is 0 Å². The molecule has 0 aliphatic rings. The summed E-state index contributed by atoms with van der Waals surface area (Å²) in [7, 11) is 0. The van der Waals surface area contributed by atoms with E-state index in [0.717, 1.165) is 0 Å². The Morgan fingerprint density at radius 2 is 0.444 bits per heavy atom. The zero-order chi connectivity index (χ0) is 0. The van der Waals surface area contributed by atoms with Crippen LogP contribution in [0.5, 0.6) is 0 Å². The minimum Gasteiger partial charge on any atom is -0.870 e. The summed E-state index contributed by atoms with van der Waals surface area (Å²) in [5, 5.41) is 0. The first-order valence-corrected chi connectivity index (χ1v) is 0. The van der Waals surface area contributed by atoms with E-state index in [0.29, 0.717) is 0 Å². The fourth-order valence-electron chi connectivity index (χ4n) is 0. The van der Waals surface area contributed by atoms with Gasteiger partial charge in [-0.05, 0) is 0 Å². The van der Waals surface area contributed by atoms with Gasteiger partial charge in [0, 0.05) is 37.1 Å². The van der Waals surface area contributed by atoms with Gasteiger partial charge in [0.25, 0.3) is 0 Å². The van der Waals surface area contributed by atoms with Gasteiger partial charge < -0.3 is 32.9 Å². The third kappa shape index (κ3) is 200. The van der Waals surface area contributed by atoms with Crippen molar-refractivity contribution < 1.29 is 70.0 Å². The number of rotatable bonds is 0. The average molecular weight is 232 g/mol. The largest absolute Gasteiger partial charge is 2.00 e. The zero-order valence-corrected chi connectivity index (χ0v) is 8.70. The Morgan fingerprint density at radius 3 is 0.444 bits per heavy atom. The van der Waals surface area contributed by atoms with Gasteiger partial charge in [-0.1, -0.05) is 0 Å². The quantitative estimate of drug-likeness (QED) is 0.385. The Morgan fingerprint density at radius 1 is 0.444 bits per heavy atom. The molecular weight excluding hydrogens is 222 g/mol. The molecular formula is H10MgO6V2. The van der Waals surface area contributed by atoms with E-state index in [9.17, 15) is 0 Å². The van der Waals surface area contributed by atoms with Crippen LogP contribution in [-0.2, 0) is 37.1 Å². The molecule has 0 saturated carbocycles. The maximum Gasteiger partial charge on any atom is 2.00 e. The van der Waals surface area contributed by atoms with Crippen LogP contribution in [0, 0.1) is 0 Å². The average Bonchev–Trinajstić information content (AvgIpc) is 0. The van der Waals surface area contributed by atoms with Crippen LogP contribution in [0.3, 0.4) is 0 Å². The van der Waals surface area contributed by atoms with Gasteiger partial charge in [-0.2, -0.15) is 0 Å². The van der Waals surface area contributed by atoms with Crippen molar-refractivity contribution in [1.82, 2.24) is 0 Å². The molecule has 58 valence electrons. The second-order valence-electron chi connectivity index (χ2n) is 0. The molecule has 0 aromatic heterocycles. The van der Waals surface area contributed by atoms with Gasteiger partial charge in [0.15, 0.2) is 0 Å². The molecule has 0 aliphatic heterocycles. The normalized spacial score (nSPS) is 0. The summed E-state index contributed by atoms with van der Waals surface area (Å²) in [6.45, 7) is 0. The topological polar surface area (TPSA) is 186 Å². The summed E-state index contributed by atoms with van der Waals surface area (Å²) in [6, 6.07) is 0. The molecule has 2 radical (unpaired) electrons. The minimum atomic E-state index is 0. The van der Waals surface area contributed by atoms with Crippen molar-refractivity contribution >= 4 is 23.1 Å². The van der Waals surface area contributed by atoms with E-state index in [1.807, 2.05) is 0 Å². The molecule has 0 aliphatic carbocycles. The fourth-order valence-corrected chi connectivity index (χ4v) is 0. The molecule has 0 aromatic carbocycles. The van der Waals surface area contributed by atoms with Crippen molar-refractivity contribution in [2.45, 2.75) is 0 Å². The first kappa shape index (κ1) is 350. The minimum absolute atomic E-state index is 0. The van der Waals surface area contributed by atoms with E-state index in [-0.39, 0.29) is 93.0 Å². The second kappa shape index (κ2) is 255. The molecule has 0 aromatic rings. The van der Waals surface area contributed by atoms with E-state index >= 15 is 0 Å². The van der Waals surface area contributed by atoms with Crippen LogP contribution in [0.15, 0.2) is 0 Å². The monoisotopic (exact) mass is 232 g/mol. The van der Waals surface area contributed by atoms with E-state index in [1.54, 1.807) is 0 Å². The maximum absolute atomic E-state index is 0. The smallest absolute Gasteiger partial charge is 0.870 e. The fraction of sp³-hybridized carbons (Fsp3) is 0. The summed E-state index contributed by atoms with van der Waals surface area (Å²) in [4.78, 5) is 0. The molecule has 10 N–H and O–H groups in total. The van der Waals surface area contributed by atoms with Crippen LogP contribution in [0.25, 0.3) is 0 Å². The summed E-state index contributed by atoms with van der Waals surface area (Å²) in [5.41, 5.74) is 0. The molecule has 0 rings (SSSR count). The second-order valence-corrected chi connectivity index (χ2v) is 0. The van der Waals surface area contributed by atoms with Crippen molar-refractivity contribution in [3.8, 4) is 0 Å². The predicted octanol–water partition coefficient (Wildman–Crippen LogP) is -4.04. The molecule has 6 nitrogen and oxygen atoms in total. The van der Waals surface area contributed by atoms with Gasteiger partial charge in [0.2, 0.25) is 0 Å². The van der Waals surface area contributed by atoms with Crippen molar-refractivity contribution in [3.05, 3.63) is 0 Å². The Bertz CT molecular complexity index is 11.0. The summed E-state index contributed by atoms with van der Waals surface area (Å²) < 4.78 is 0. The first-order valence-electron chi connectivity index (χ1n) is 0. The standard InChI is InChI=1S/Mg.6H2O.2V/h;6*1H2;;/q+2;;;;;;;;/p-2. The summed E-state index contributed by atoms with van der Waals surface area (Å²) in [5.74, 6) is 0. The molecule has 0 bridgehead atoms. The molecule has 0 amide bonds. The first-order chi connectivity index (χ1) is 0. The molecule has 0 atom stereocenters. The molecule has 9 heteroatoms. The van der Waals surface area contributed by atoms with Crippen LogP contribution in [0.4, 0.5) is 0 Å². The van der Waals surface area contributed by atoms with Crippen LogP contribution >= 0.6 is 0 Å². The van der Waals surface area contributed by atoms with Gasteiger partial charge in [-0.25, -0.2) is 0 Å². The maximum atomic E-state index is 0. The molecule has 0 saturated heterocycles. The number of hydrogen-bond acceptors (Lipinski definition) is 2. The van der Waals surface area contributed by atoms with Gasteiger partial charge in [-0.15, -0.1) is 0 Å². The Kier molecular flexibility index (Phi) is 9920. The predicted molar refractivity (Wildman–Crippen MR) is 24.1 cm³/mol. The zero-order valence-electron chi connectivity index (χ0n) is 4.50. The molecule has 0 unspecified atom stereocenters. The van der Waals surface area contributed by atoms with Crippen molar-refractivity contribution in [2.75, 3.05) is 0 Å². The van der Waals surface area contributed by atoms with Crippen LogP contribution < -0.4 is 0 Å². The molecule has 0 fully saturated rings. The Balaban J connectivity index is 0. The SMILES string of the molecule is O.O.O.O.[Mg+2].[OH-].[OH-].[V].[V]. The van der Waals surface area contributed by atoms with E-state index in [1.165, 1.54) is 0 Å². The van der Waals surface area contributed by atoms with Gasteiger partial charge in [0.05, 0.1) is 0 Å². The molecule has 0 heterocycles. The number of hydrogen-bond donors (Lipinski definition) is 0. The Labute approximate surface area is 92.5 Å². The van der Waals surface area contributed by atoms with Crippen LogP contribution in [0.1, 0.15) is 0 Å². The third-order valence-corrected chi connectivity index (χ3v) is 0. The van der Waals surface area contributed by atoms with Crippen molar-refractivity contribution in [3.63, 3.8) is 0 Å². The molecule has 9 heavy (non-hydrogen) atoms. The van der Waals surface area contributed by atoms with E-state index < -0.39 is 0 Å². The van der Waals surface area contributed by atoms with E-state index in [4.69, 9.17) is 0 Å². The van der Waals surface area contributed by atoms with Gasteiger partial charge >= 0.3 is 23.1 Å². The Hall–Kier alpha value is 1.70. The van der Waals surface area contributed by atoms with Gasteiger partial charge in [-0.3, -0.25) is 0 Å². The third-order valence-electron chi connectivity index (χ3n) is 0. The van der Waals surface area contributed by atoms with Crippen LogP contribution in [0.2, 0.25) is 0 Å². The summed E-state index contributed by atoms with van der Waals surface area (Å²) >= 11 is 0. The van der Waals surface area contributed by atoms with Crippen LogP contribution in [-0.4, -0.2) is 55.9 Å². The van der Waals surface area contributed by atoms with Gasteiger partial charge in [0.1, 0.15) is 0 Å². The molecule has 0 spiro atoms. The van der Waals surface area contributed by atoms with Crippen molar-refractivity contribution in [2.24, 2.45) is 0 Å². The van der Waals surface area contributed by atoms with E-state index in [2.05, 4.69) is 0 Å².